The van der Waals surface area contributed by atoms with Gasteiger partial charge in [-0.15, -0.1) is 0 Å². The first kappa shape index (κ1) is 8.31. The molecule has 12 heavy (non-hydrogen) atoms. The molecular weight excluding hydrogens is 146 g/mol. The Kier molecular flexibility index (Phi) is 2.22. The van der Waals surface area contributed by atoms with E-state index in [4.69, 9.17) is 0 Å². The van der Waals surface area contributed by atoms with Crippen molar-refractivity contribution in [3.8, 4) is 0 Å². The Bertz CT molecular complexity index is 193. The summed E-state index contributed by atoms with van der Waals surface area (Å²) in [5.74, 6) is 0.759. The highest BCUT2D eigenvalue weighted by atomic mass is 15.0. The third-order valence-electron chi connectivity index (χ3n) is 3.16. The molecule has 2 bridgehead atoms. The van der Waals surface area contributed by atoms with Crippen LogP contribution in [0.15, 0.2) is 11.6 Å². The lowest BCUT2D eigenvalue weighted by atomic mass is 9.83. The molecule has 2 rings (SSSR count). The van der Waals surface area contributed by atoms with Crippen LogP contribution in [0.3, 0.4) is 0 Å². The van der Waals surface area contributed by atoms with Gasteiger partial charge < -0.3 is 5.32 Å². The van der Waals surface area contributed by atoms with E-state index in [1.807, 2.05) is 0 Å². The Morgan fingerprint density at radius 1 is 1.42 bits per heavy atom. The summed E-state index contributed by atoms with van der Waals surface area (Å²) in [6, 6.07) is 1.50. The summed E-state index contributed by atoms with van der Waals surface area (Å²) in [6.45, 7) is 4.62. The van der Waals surface area contributed by atoms with Gasteiger partial charge in [0, 0.05) is 12.1 Å². The fraction of sp³-hybridized carbons (Fsp3) is 0.818. The monoisotopic (exact) mass is 165 g/mol. The van der Waals surface area contributed by atoms with Crippen molar-refractivity contribution in [2.45, 2.75) is 51.6 Å². The molecule has 1 heteroatoms. The van der Waals surface area contributed by atoms with Crippen molar-refractivity contribution in [2.75, 3.05) is 0 Å². The van der Waals surface area contributed by atoms with Crippen LogP contribution in [0.4, 0.5) is 0 Å². The molecule has 2 unspecified atom stereocenters. The summed E-state index contributed by atoms with van der Waals surface area (Å²) in [4.78, 5) is 0. The zero-order valence-electron chi connectivity index (χ0n) is 8.14. The van der Waals surface area contributed by atoms with Gasteiger partial charge in [0.05, 0.1) is 0 Å². The number of nitrogens with one attached hydrogen (secondary N) is 1. The Morgan fingerprint density at radius 3 is 2.92 bits per heavy atom. The van der Waals surface area contributed by atoms with Gasteiger partial charge in [0.15, 0.2) is 0 Å². The second-order valence-corrected chi connectivity index (χ2v) is 4.50. The summed E-state index contributed by atoms with van der Waals surface area (Å²) < 4.78 is 0. The number of rotatable bonds is 1. The van der Waals surface area contributed by atoms with Crippen LogP contribution >= 0.6 is 0 Å². The highest BCUT2D eigenvalue weighted by Gasteiger charge is 2.25. The number of hydrogen-bond acceptors (Lipinski definition) is 1. The SMILES string of the molecule is CC(C)C1=CC2CCCC(C1)N2. The molecule has 2 aliphatic heterocycles. The summed E-state index contributed by atoms with van der Waals surface area (Å²) in [7, 11) is 0. The van der Waals surface area contributed by atoms with E-state index in [9.17, 15) is 0 Å². The van der Waals surface area contributed by atoms with Gasteiger partial charge >= 0.3 is 0 Å². The van der Waals surface area contributed by atoms with E-state index in [0.29, 0.717) is 6.04 Å². The van der Waals surface area contributed by atoms with E-state index in [-0.39, 0.29) is 0 Å². The second-order valence-electron chi connectivity index (χ2n) is 4.50. The van der Waals surface area contributed by atoms with E-state index >= 15 is 0 Å². The van der Waals surface area contributed by atoms with Crippen LogP contribution in [-0.2, 0) is 0 Å². The van der Waals surface area contributed by atoms with Gasteiger partial charge in [0.25, 0.3) is 0 Å². The van der Waals surface area contributed by atoms with Gasteiger partial charge in [0.1, 0.15) is 0 Å². The summed E-state index contributed by atoms with van der Waals surface area (Å²) >= 11 is 0. The van der Waals surface area contributed by atoms with Gasteiger partial charge in [-0.25, -0.2) is 0 Å². The Hall–Kier alpha value is -0.300. The molecule has 1 nitrogen and oxygen atoms in total. The minimum atomic E-state index is 0.704. The first-order chi connectivity index (χ1) is 5.75. The third kappa shape index (κ3) is 1.56. The lowest BCUT2D eigenvalue weighted by Gasteiger charge is -2.36. The third-order valence-corrected chi connectivity index (χ3v) is 3.16. The fourth-order valence-electron chi connectivity index (χ4n) is 2.39. The molecule has 1 fully saturated rings. The summed E-state index contributed by atoms with van der Waals surface area (Å²) in [5.41, 5.74) is 1.68. The molecule has 2 aliphatic rings. The Labute approximate surface area is 75.2 Å². The minimum absolute atomic E-state index is 0.704. The largest absolute Gasteiger partial charge is 0.307 e. The normalized spacial score (nSPS) is 35.1. The van der Waals surface area contributed by atoms with Gasteiger partial charge in [-0.3, -0.25) is 0 Å². The van der Waals surface area contributed by atoms with Crippen molar-refractivity contribution in [1.82, 2.24) is 5.32 Å². The molecule has 1 saturated heterocycles. The molecule has 0 saturated carbocycles. The smallest absolute Gasteiger partial charge is 0.0255 e. The van der Waals surface area contributed by atoms with Crippen molar-refractivity contribution in [3.63, 3.8) is 0 Å². The predicted molar refractivity (Wildman–Crippen MR) is 52.1 cm³/mol. The number of hydrogen-bond donors (Lipinski definition) is 1. The molecule has 0 aromatic carbocycles. The molecule has 0 aliphatic carbocycles. The molecule has 0 aromatic rings. The van der Waals surface area contributed by atoms with Crippen molar-refractivity contribution >= 4 is 0 Å². The first-order valence-corrected chi connectivity index (χ1v) is 5.22. The van der Waals surface area contributed by atoms with Gasteiger partial charge in [-0.1, -0.05) is 31.9 Å². The molecule has 2 atom stereocenters. The molecule has 0 spiro atoms. The fourth-order valence-corrected chi connectivity index (χ4v) is 2.39. The second kappa shape index (κ2) is 3.21. The number of fused-ring (bicyclic) bond motifs is 2. The van der Waals surface area contributed by atoms with E-state index in [1.54, 1.807) is 5.57 Å². The van der Waals surface area contributed by atoms with Crippen LogP contribution < -0.4 is 5.32 Å². The summed E-state index contributed by atoms with van der Waals surface area (Å²) in [5, 5.41) is 3.66. The quantitative estimate of drug-likeness (QED) is 0.589. The molecule has 2 heterocycles. The van der Waals surface area contributed by atoms with Crippen LogP contribution in [0.1, 0.15) is 39.5 Å². The van der Waals surface area contributed by atoms with Crippen molar-refractivity contribution < 1.29 is 0 Å². The van der Waals surface area contributed by atoms with E-state index in [2.05, 4.69) is 25.2 Å². The topological polar surface area (TPSA) is 12.0 Å². The van der Waals surface area contributed by atoms with E-state index < -0.39 is 0 Å². The Morgan fingerprint density at radius 2 is 2.25 bits per heavy atom. The van der Waals surface area contributed by atoms with E-state index in [0.717, 1.165) is 12.0 Å². The average molecular weight is 165 g/mol. The maximum atomic E-state index is 3.66. The molecule has 0 radical (unpaired) electrons. The first-order valence-electron chi connectivity index (χ1n) is 5.22. The summed E-state index contributed by atoms with van der Waals surface area (Å²) in [6.07, 6.45) is 7.94. The zero-order valence-corrected chi connectivity index (χ0v) is 8.14. The van der Waals surface area contributed by atoms with Gasteiger partial charge in [-0.2, -0.15) is 0 Å². The van der Waals surface area contributed by atoms with Crippen molar-refractivity contribution in [3.05, 3.63) is 11.6 Å². The van der Waals surface area contributed by atoms with Crippen LogP contribution in [-0.4, -0.2) is 12.1 Å². The van der Waals surface area contributed by atoms with Gasteiger partial charge in [0.2, 0.25) is 0 Å². The minimum Gasteiger partial charge on any atom is -0.307 e. The molecule has 0 aromatic heterocycles. The standard InChI is InChI=1S/C11H19N/c1-8(2)9-6-10-4-3-5-11(7-9)12-10/h6,8,10-12H,3-5,7H2,1-2H3. The van der Waals surface area contributed by atoms with Crippen molar-refractivity contribution in [2.24, 2.45) is 5.92 Å². The average Bonchev–Trinajstić information content (AvgIpc) is 2.03. The van der Waals surface area contributed by atoms with Gasteiger partial charge in [-0.05, 0) is 25.2 Å². The number of piperidine rings is 1. The van der Waals surface area contributed by atoms with Crippen molar-refractivity contribution in [1.29, 1.82) is 0 Å². The van der Waals surface area contributed by atoms with Crippen LogP contribution in [0.5, 0.6) is 0 Å². The van der Waals surface area contributed by atoms with Crippen LogP contribution in [0.2, 0.25) is 0 Å². The molecule has 68 valence electrons. The zero-order chi connectivity index (χ0) is 8.55. The predicted octanol–water partition coefficient (Wildman–Crippen LogP) is 2.48. The van der Waals surface area contributed by atoms with E-state index in [1.165, 1.54) is 25.7 Å². The lowest BCUT2D eigenvalue weighted by Crippen LogP contribution is -2.44. The van der Waals surface area contributed by atoms with Crippen LogP contribution in [0, 0.1) is 5.92 Å². The maximum Gasteiger partial charge on any atom is 0.0255 e. The lowest BCUT2D eigenvalue weighted by molar-refractivity contribution is 0.326. The Balaban J connectivity index is 2.11. The molecular formula is C11H19N. The highest BCUT2D eigenvalue weighted by Crippen LogP contribution is 2.28. The molecule has 0 amide bonds. The maximum absolute atomic E-state index is 3.66. The molecule has 1 N–H and O–H groups in total. The highest BCUT2D eigenvalue weighted by molar-refractivity contribution is 5.16. The van der Waals surface area contributed by atoms with Crippen LogP contribution in [0.25, 0.3) is 0 Å².